The molecule has 0 aliphatic heterocycles. The molecule has 196 valence electrons. The molecular formula is C26H41N3O6. The van der Waals surface area contributed by atoms with E-state index >= 15 is 0 Å². The molecule has 9 nitrogen and oxygen atoms in total. The number of rotatable bonds is 10. The fourth-order valence-electron chi connectivity index (χ4n) is 3.34. The lowest BCUT2D eigenvalue weighted by molar-refractivity contribution is -0.158. The summed E-state index contributed by atoms with van der Waals surface area (Å²) in [5, 5.41) is 2.49. The molecule has 0 saturated heterocycles. The molecule has 1 aromatic carbocycles. The van der Waals surface area contributed by atoms with Gasteiger partial charge in [0.05, 0.1) is 0 Å². The number of nitrogens with one attached hydrogen (secondary N) is 1. The Bertz CT molecular complexity index is 866. The van der Waals surface area contributed by atoms with Crippen molar-refractivity contribution in [2.24, 2.45) is 5.92 Å². The first kappa shape index (κ1) is 29.9. The monoisotopic (exact) mass is 491 g/mol. The third kappa shape index (κ3) is 9.96. The second-order valence-electron chi connectivity index (χ2n) is 10.2. The van der Waals surface area contributed by atoms with Crippen LogP contribution in [0.1, 0.15) is 60.5 Å². The largest absolute Gasteiger partial charge is 0.459 e. The van der Waals surface area contributed by atoms with Crippen LogP contribution in [-0.2, 0) is 30.5 Å². The Kier molecular flexibility index (Phi) is 11.2. The number of ether oxygens (including phenoxy) is 2. The molecular weight excluding hydrogens is 450 g/mol. The Labute approximate surface area is 209 Å². The molecule has 0 bridgehead atoms. The molecule has 0 saturated carbocycles. The summed E-state index contributed by atoms with van der Waals surface area (Å²) in [6.07, 6.45) is -0.308. The molecule has 1 N–H and O–H groups in total. The molecule has 0 aliphatic rings. The maximum absolute atomic E-state index is 13.2. The highest BCUT2D eigenvalue weighted by molar-refractivity contribution is 5.92. The molecule has 0 aromatic heterocycles. The number of alkyl carbamates (subject to hydrolysis) is 1. The van der Waals surface area contributed by atoms with Gasteiger partial charge in [-0.15, -0.1) is 0 Å². The molecule has 0 spiro atoms. The van der Waals surface area contributed by atoms with E-state index in [1.54, 1.807) is 27.7 Å². The van der Waals surface area contributed by atoms with Gasteiger partial charge < -0.3 is 24.6 Å². The summed E-state index contributed by atoms with van der Waals surface area (Å²) in [5.74, 6) is -1.24. The minimum absolute atomic E-state index is 0.109. The number of carbonyl (C=O) groups excluding carboxylic acids is 4. The van der Waals surface area contributed by atoms with E-state index in [-0.39, 0.29) is 12.5 Å². The van der Waals surface area contributed by atoms with Crippen molar-refractivity contribution in [3.63, 3.8) is 0 Å². The Hall–Kier alpha value is -3.10. The number of nitrogens with zero attached hydrogens (tertiary/aromatic N) is 2. The molecule has 35 heavy (non-hydrogen) atoms. The van der Waals surface area contributed by atoms with Crippen LogP contribution in [0.5, 0.6) is 0 Å². The molecule has 0 heterocycles. The summed E-state index contributed by atoms with van der Waals surface area (Å²) in [6, 6.07) is 6.74. The lowest BCUT2D eigenvalue weighted by Crippen LogP contribution is -2.55. The number of carbonyl (C=O) groups is 4. The number of hydrogen-bond acceptors (Lipinski definition) is 6. The quantitative estimate of drug-likeness (QED) is 0.503. The highest BCUT2D eigenvalue weighted by atomic mass is 16.6. The van der Waals surface area contributed by atoms with Gasteiger partial charge in [-0.25, -0.2) is 9.59 Å². The van der Waals surface area contributed by atoms with Crippen molar-refractivity contribution in [2.45, 2.75) is 85.2 Å². The van der Waals surface area contributed by atoms with Gasteiger partial charge in [-0.3, -0.25) is 9.59 Å². The minimum Gasteiger partial charge on any atom is -0.459 e. The van der Waals surface area contributed by atoms with Gasteiger partial charge in [0.1, 0.15) is 30.3 Å². The van der Waals surface area contributed by atoms with E-state index in [1.807, 2.05) is 44.2 Å². The molecule has 0 radical (unpaired) electrons. The van der Waals surface area contributed by atoms with Crippen LogP contribution in [0.15, 0.2) is 30.3 Å². The van der Waals surface area contributed by atoms with Gasteiger partial charge in [-0.05, 0) is 52.5 Å². The predicted octanol–water partition coefficient (Wildman–Crippen LogP) is 3.36. The van der Waals surface area contributed by atoms with E-state index in [0.29, 0.717) is 6.42 Å². The van der Waals surface area contributed by atoms with Gasteiger partial charge in [-0.1, -0.05) is 44.2 Å². The second kappa shape index (κ2) is 13.1. The van der Waals surface area contributed by atoms with Crippen LogP contribution in [0, 0.1) is 5.92 Å². The minimum atomic E-state index is -0.905. The smallest absolute Gasteiger partial charge is 0.408 e. The highest BCUT2D eigenvalue weighted by Crippen LogP contribution is 2.16. The maximum atomic E-state index is 13.2. The summed E-state index contributed by atoms with van der Waals surface area (Å²) in [4.78, 5) is 53.6. The molecule has 1 aromatic rings. The van der Waals surface area contributed by atoms with E-state index < -0.39 is 47.6 Å². The summed E-state index contributed by atoms with van der Waals surface area (Å²) < 4.78 is 10.7. The van der Waals surface area contributed by atoms with Crippen molar-refractivity contribution in [3.8, 4) is 0 Å². The lowest BCUT2D eigenvalue weighted by Gasteiger charge is -2.34. The zero-order valence-electron chi connectivity index (χ0n) is 22.5. The van der Waals surface area contributed by atoms with E-state index in [2.05, 4.69) is 5.32 Å². The number of benzene rings is 1. The fraction of sp³-hybridized carbons (Fsp3) is 0.615. The normalized spacial score (nSPS) is 13.9. The van der Waals surface area contributed by atoms with Crippen LogP contribution in [0.25, 0.3) is 0 Å². The molecule has 0 aliphatic carbocycles. The standard InChI is InChI=1S/C26H41N3O6/c1-17(2)15-21(24(32)34-16-20-13-11-10-12-14-20)29(9)23(31)19(4)28(8)22(30)18(3)27-25(33)35-26(5,6)7/h10-14,17-19,21H,15-16H2,1-9H3,(H,27,33)/t18-,19-,21-/m0/s1. The second-order valence-corrected chi connectivity index (χ2v) is 10.2. The zero-order chi connectivity index (χ0) is 26.9. The van der Waals surface area contributed by atoms with Crippen LogP contribution in [-0.4, -0.2) is 71.5 Å². The summed E-state index contributed by atoms with van der Waals surface area (Å²) in [6.45, 7) is 12.3. The van der Waals surface area contributed by atoms with Crippen LogP contribution in [0.2, 0.25) is 0 Å². The highest BCUT2D eigenvalue weighted by Gasteiger charge is 2.35. The fourth-order valence-corrected chi connectivity index (χ4v) is 3.34. The van der Waals surface area contributed by atoms with E-state index in [9.17, 15) is 19.2 Å². The summed E-state index contributed by atoms with van der Waals surface area (Å²) in [7, 11) is 3.02. The predicted molar refractivity (Wildman–Crippen MR) is 133 cm³/mol. The van der Waals surface area contributed by atoms with Gasteiger partial charge in [0.2, 0.25) is 11.8 Å². The van der Waals surface area contributed by atoms with Crippen molar-refractivity contribution in [3.05, 3.63) is 35.9 Å². The van der Waals surface area contributed by atoms with Gasteiger partial charge in [0.15, 0.2) is 0 Å². The Morgan fingerprint density at radius 1 is 0.914 bits per heavy atom. The van der Waals surface area contributed by atoms with Crippen molar-refractivity contribution in [1.82, 2.24) is 15.1 Å². The number of esters is 1. The molecule has 9 heteroatoms. The molecule has 3 amide bonds. The van der Waals surface area contributed by atoms with Crippen LogP contribution >= 0.6 is 0 Å². The van der Waals surface area contributed by atoms with E-state index in [0.717, 1.165) is 5.56 Å². The van der Waals surface area contributed by atoms with Gasteiger partial charge >= 0.3 is 12.1 Å². The summed E-state index contributed by atoms with van der Waals surface area (Å²) >= 11 is 0. The molecule has 0 unspecified atom stereocenters. The van der Waals surface area contributed by atoms with Crippen LogP contribution in [0.4, 0.5) is 4.79 Å². The molecule has 3 atom stereocenters. The SMILES string of the molecule is CC(C)C[C@@H](C(=O)OCc1ccccc1)N(C)C(=O)[C@H](C)N(C)C(=O)[C@H](C)NC(=O)OC(C)(C)C. The van der Waals surface area contributed by atoms with Gasteiger partial charge in [0, 0.05) is 14.1 Å². The third-order valence-electron chi connectivity index (χ3n) is 5.40. The topological polar surface area (TPSA) is 105 Å². The lowest BCUT2D eigenvalue weighted by atomic mass is 10.0. The van der Waals surface area contributed by atoms with Crippen molar-refractivity contribution < 1.29 is 28.7 Å². The average Bonchev–Trinajstić information content (AvgIpc) is 2.77. The van der Waals surface area contributed by atoms with Crippen molar-refractivity contribution in [2.75, 3.05) is 14.1 Å². The average molecular weight is 492 g/mol. The van der Waals surface area contributed by atoms with Crippen LogP contribution < -0.4 is 5.32 Å². The van der Waals surface area contributed by atoms with Crippen molar-refractivity contribution in [1.29, 1.82) is 0 Å². The Balaban J connectivity index is 2.85. The first-order valence-electron chi connectivity index (χ1n) is 11.9. The Morgan fingerprint density at radius 2 is 1.49 bits per heavy atom. The molecule has 1 rings (SSSR count). The number of amides is 3. The number of hydrogen-bond donors (Lipinski definition) is 1. The van der Waals surface area contributed by atoms with Gasteiger partial charge in [0.25, 0.3) is 0 Å². The maximum Gasteiger partial charge on any atom is 0.408 e. The van der Waals surface area contributed by atoms with Crippen molar-refractivity contribution >= 4 is 23.9 Å². The first-order chi connectivity index (χ1) is 16.1. The Morgan fingerprint density at radius 3 is 2.00 bits per heavy atom. The number of likely N-dealkylation sites (N-methyl/N-ethyl adjacent to an activating group) is 2. The molecule has 0 fully saturated rings. The van der Waals surface area contributed by atoms with E-state index in [1.165, 1.54) is 30.8 Å². The zero-order valence-corrected chi connectivity index (χ0v) is 22.5. The third-order valence-corrected chi connectivity index (χ3v) is 5.40. The first-order valence-corrected chi connectivity index (χ1v) is 11.9. The van der Waals surface area contributed by atoms with E-state index in [4.69, 9.17) is 9.47 Å². The summed E-state index contributed by atoms with van der Waals surface area (Å²) in [5.41, 5.74) is 0.147. The van der Waals surface area contributed by atoms with Gasteiger partial charge in [-0.2, -0.15) is 0 Å². The van der Waals surface area contributed by atoms with Crippen LogP contribution in [0.3, 0.4) is 0 Å².